The summed E-state index contributed by atoms with van der Waals surface area (Å²) in [5.74, 6) is -0.191. The molecular weight excluding hydrogens is 292 g/mol. The Labute approximate surface area is 136 Å². The molecule has 3 rings (SSSR count). The van der Waals surface area contributed by atoms with Crippen molar-refractivity contribution in [2.24, 2.45) is 0 Å². The smallest absolute Gasteiger partial charge is 0.249 e. The van der Waals surface area contributed by atoms with Gasteiger partial charge in [-0.05, 0) is 12.5 Å². The first-order chi connectivity index (χ1) is 11.0. The van der Waals surface area contributed by atoms with Gasteiger partial charge in [0.05, 0.1) is 6.10 Å². The molecule has 0 aliphatic carbocycles. The van der Waals surface area contributed by atoms with E-state index in [0.29, 0.717) is 19.4 Å². The van der Waals surface area contributed by atoms with E-state index >= 15 is 0 Å². The Morgan fingerprint density at radius 1 is 1.35 bits per heavy atom. The van der Waals surface area contributed by atoms with Crippen LogP contribution in [0.2, 0.25) is 0 Å². The van der Waals surface area contributed by atoms with E-state index < -0.39 is 17.7 Å². The van der Waals surface area contributed by atoms with Crippen molar-refractivity contribution in [3.8, 4) is 0 Å². The van der Waals surface area contributed by atoms with Gasteiger partial charge in [0.15, 0.2) is 0 Å². The topological polar surface area (TPSA) is 60.9 Å². The van der Waals surface area contributed by atoms with Gasteiger partial charge in [-0.25, -0.2) is 0 Å². The molecule has 3 atom stereocenters. The van der Waals surface area contributed by atoms with Crippen LogP contribution in [0.5, 0.6) is 0 Å². The Kier molecular flexibility index (Phi) is 3.98. The van der Waals surface area contributed by atoms with E-state index in [0.717, 1.165) is 5.56 Å². The molecule has 0 bridgehead atoms. The number of piperazine rings is 1. The van der Waals surface area contributed by atoms with Crippen LogP contribution in [0.4, 0.5) is 0 Å². The maximum atomic E-state index is 13.0. The molecule has 2 saturated heterocycles. The lowest BCUT2D eigenvalue weighted by Gasteiger charge is -2.47. The average molecular weight is 314 g/mol. The molecule has 2 aliphatic rings. The Bertz CT molecular complexity index is 630. The number of hydrogen-bond acceptors (Lipinski definition) is 3. The molecule has 2 heterocycles. The van der Waals surface area contributed by atoms with E-state index in [1.807, 2.05) is 30.3 Å². The quantitative estimate of drug-likeness (QED) is 0.843. The number of aliphatic hydroxyl groups excluding tert-OH is 1. The second kappa shape index (κ2) is 5.81. The number of carbonyl (C=O) groups is 2. The summed E-state index contributed by atoms with van der Waals surface area (Å²) < 4.78 is 0. The molecule has 1 unspecified atom stereocenters. The van der Waals surface area contributed by atoms with Crippen molar-refractivity contribution in [2.45, 2.75) is 37.5 Å². The highest BCUT2D eigenvalue weighted by molar-refractivity contribution is 6.00. The zero-order valence-electron chi connectivity index (χ0n) is 13.3. The van der Waals surface area contributed by atoms with Crippen LogP contribution in [0.3, 0.4) is 0 Å². The zero-order valence-corrected chi connectivity index (χ0v) is 13.3. The molecule has 2 amide bonds. The maximum Gasteiger partial charge on any atom is 0.249 e. The highest BCUT2D eigenvalue weighted by atomic mass is 16.3. The molecule has 23 heavy (non-hydrogen) atoms. The Hall–Kier alpha value is -2.14. The van der Waals surface area contributed by atoms with Crippen LogP contribution in [-0.4, -0.2) is 57.5 Å². The number of aliphatic hydroxyl groups is 1. The van der Waals surface area contributed by atoms with Gasteiger partial charge in [0, 0.05) is 25.9 Å². The lowest BCUT2D eigenvalue weighted by atomic mass is 9.89. The standard InChI is InChI=1S/C18H22N2O3/c1-3-9-19-15(10-13-7-5-4-6-8-13)16(22)20-12-14(21)11-18(20,2)17(19)23/h3-8,14-15,21H,1,9-12H2,2H3/t14-,15+,18?/m1/s1. The normalized spacial score (nSPS) is 30.5. The van der Waals surface area contributed by atoms with E-state index in [4.69, 9.17) is 0 Å². The van der Waals surface area contributed by atoms with Crippen molar-refractivity contribution < 1.29 is 14.7 Å². The molecule has 0 aromatic heterocycles. The summed E-state index contributed by atoms with van der Waals surface area (Å²) in [5, 5.41) is 9.97. The van der Waals surface area contributed by atoms with Crippen LogP contribution in [-0.2, 0) is 16.0 Å². The molecule has 1 N–H and O–H groups in total. The SMILES string of the molecule is C=CCN1C(=O)C2(C)C[C@@H](O)CN2C(=O)[C@@H]1Cc1ccccc1. The van der Waals surface area contributed by atoms with Gasteiger partial charge >= 0.3 is 0 Å². The van der Waals surface area contributed by atoms with Gasteiger partial charge < -0.3 is 14.9 Å². The first-order valence-corrected chi connectivity index (χ1v) is 7.93. The van der Waals surface area contributed by atoms with E-state index in [-0.39, 0.29) is 18.4 Å². The number of amides is 2. The highest BCUT2D eigenvalue weighted by Crippen LogP contribution is 2.37. The fraction of sp³-hybridized carbons (Fsp3) is 0.444. The summed E-state index contributed by atoms with van der Waals surface area (Å²) in [7, 11) is 0. The first-order valence-electron chi connectivity index (χ1n) is 7.93. The molecule has 2 fully saturated rings. The van der Waals surface area contributed by atoms with Crippen molar-refractivity contribution in [2.75, 3.05) is 13.1 Å². The van der Waals surface area contributed by atoms with Gasteiger partial charge in [0.2, 0.25) is 11.8 Å². The van der Waals surface area contributed by atoms with Crippen LogP contribution >= 0.6 is 0 Å². The minimum absolute atomic E-state index is 0.0886. The molecule has 1 aromatic rings. The summed E-state index contributed by atoms with van der Waals surface area (Å²) in [6, 6.07) is 9.14. The van der Waals surface area contributed by atoms with Gasteiger partial charge in [-0.1, -0.05) is 36.4 Å². The average Bonchev–Trinajstić information content (AvgIpc) is 2.86. The second-order valence-electron chi connectivity index (χ2n) is 6.53. The number of β-amino-alcohol motifs (C(OH)–C–C–N with tert-alkyl or cyclic N) is 1. The molecular formula is C18H22N2O3. The largest absolute Gasteiger partial charge is 0.391 e. The second-order valence-corrected chi connectivity index (χ2v) is 6.53. The van der Waals surface area contributed by atoms with Crippen molar-refractivity contribution in [1.82, 2.24) is 9.80 Å². The number of hydrogen-bond donors (Lipinski definition) is 1. The van der Waals surface area contributed by atoms with Crippen LogP contribution in [0.25, 0.3) is 0 Å². The van der Waals surface area contributed by atoms with Crippen molar-refractivity contribution in [3.63, 3.8) is 0 Å². The monoisotopic (exact) mass is 314 g/mol. The number of rotatable bonds is 4. The number of carbonyl (C=O) groups excluding carboxylic acids is 2. The van der Waals surface area contributed by atoms with Crippen molar-refractivity contribution >= 4 is 11.8 Å². The van der Waals surface area contributed by atoms with Gasteiger partial charge in [-0.15, -0.1) is 6.58 Å². The van der Waals surface area contributed by atoms with Gasteiger partial charge in [-0.3, -0.25) is 9.59 Å². The third kappa shape index (κ3) is 2.55. The first kappa shape index (κ1) is 15.7. The van der Waals surface area contributed by atoms with Crippen molar-refractivity contribution in [3.05, 3.63) is 48.6 Å². The number of nitrogens with zero attached hydrogens (tertiary/aromatic N) is 2. The number of benzene rings is 1. The summed E-state index contributed by atoms with van der Waals surface area (Å²) in [4.78, 5) is 29.1. The predicted octanol–water partition coefficient (Wildman–Crippen LogP) is 0.978. The molecule has 0 saturated carbocycles. The molecule has 1 aromatic carbocycles. The fourth-order valence-electron chi connectivity index (χ4n) is 3.73. The van der Waals surface area contributed by atoms with E-state index in [1.54, 1.807) is 22.8 Å². The lowest BCUT2D eigenvalue weighted by Crippen LogP contribution is -2.68. The Balaban J connectivity index is 1.95. The Morgan fingerprint density at radius 3 is 2.70 bits per heavy atom. The third-order valence-corrected chi connectivity index (χ3v) is 4.87. The number of fused-ring (bicyclic) bond motifs is 1. The van der Waals surface area contributed by atoms with Crippen LogP contribution < -0.4 is 0 Å². The van der Waals surface area contributed by atoms with E-state index in [2.05, 4.69) is 6.58 Å². The van der Waals surface area contributed by atoms with Crippen LogP contribution in [0.15, 0.2) is 43.0 Å². The maximum absolute atomic E-state index is 13.0. The molecule has 2 aliphatic heterocycles. The third-order valence-electron chi connectivity index (χ3n) is 4.87. The minimum atomic E-state index is -0.938. The highest BCUT2D eigenvalue weighted by Gasteiger charge is 2.57. The molecule has 122 valence electrons. The summed E-state index contributed by atoms with van der Waals surface area (Å²) >= 11 is 0. The fourth-order valence-corrected chi connectivity index (χ4v) is 3.73. The zero-order chi connectivity index (χ0) is 16.6. The van der Waals surface area contributed by atoms with Gasteiger partial charge in [-0.2, -0.15) is 0 Å². The van der Waals surface area contributed by atoms with Crippen LogP contribution in [0, 0.1) is 0 Å². The van der Waals surface area contributed by atoms with E-state index in [9.17, 15) is 14.7 Å². The molecule has 5 nitrogen and oxygen atoms in total. The molecule has 0 spiro atoms. The Morgan fingerprint density at radius 2 is 2.04 bits per heavy atom. The molecule has 0 radical (unpaired) electrons. The van der Waals surface area contributed by atoms with E-state index in [1.165, 1.54) is 0 Å². The summed E-state index contributed by atoms with van der Waals surface area (Å²) in [6.07, 6.45) is 1.77. The summed E-state index contributed by atoms with van der Waals surface area (Å²) in [5.41, 5.74) is 0.0724. The van der Waals surface area contributed by atoms with Gasteiger partial charge in [0.25, 0.3) is 0 Å². The lowest BCUT2D eigenvalue weighted by molar-refractivity contribution is -0.165. The van der Waals surface area contributed by atoms with Gasteiger partial charge in [0.1, 0.15) is 11.6 Å². The van der Waals surface area contributed by atoms with Crippen molar-refractivity contribution in [1.29, 1.82) is 0 Å². The molecule has 5 heteroatoms. The minimum Gasteiger partial charge on any atom is -0.391 e. The summed E-state index contributed by atoms with van der Waals surface area (Å²) in [6.45, 7) is 6.02. The van der Waals surface area contributed by atoms with Crippen LogP contribution in [0.1, 0.15) is 18.9 Å². The predicted molar refractivity (Wildman–Crippen MR) is 86.6 cm³/mol.